The molecule has 1 rings (SSSR count). The Bertz CT molecular complexity index is 119. The molecule has 0 spiro atoms. The zero-order valence-corrected chi connectivity index (χ0v) is 5.81. The smallest absolute Gasteiger partial charge is 0.123 e. The Kier molecular flexibility index (Phi) is 2.38. The van der Waals surface area contributed by atoms with Crippen LogP contribution in [-0.4, -0.2) is 25.2 Å². The van der Waals surface area contributed by atoms with E-state index in [2.05, 4.69) is 0 Å². The Balaban J connectivity index is 2.39. The normalized spacial score (nSPS) is 24.1. The molecule has 0 bridgehead atoms. The van der Waals surface area contributed by atoms with E-state index in [1.54, 1.807) is 0 Å². The van der Waals surface area contributed by atoms with Crippen LogP contribution in [-0.2, 0) is 9.53 Å². The molecule has 0 aromatic rings. The first kappa shape index (κ1) is 7.66. The van der Waals surface area contributed by atoms with E-state index in [4.69, 9.17) is 4.74 Å². The lowest BCUT2D eigenvalue weighted by atomic mass is 9.94. The molecule has 58 valence electrons. The van der Waals surface area contributed by atoms with Gasteiger partial charge < -0.3 is 9.53 Å². The van der Waals surface area contributed by atoms with Crippen molar-refractivity contribution in [3.63, 3.8) is 0 Å². The van der Waals surface area contributed by atoms with Gasteiger partial charge >= 0.3 is 0 Å². The number of alkyl halides is 1. The summed E-state index contributed by atoms with van der Waals surface area (Å²) in [5.41, 5.74) is -1.26. The molecular formula is C7H11FO2. The first-order valence-corrected chi connectivity index (χ1v) is 3.47. The van der Waals surface area contributed by atoms with Crippen LogP contribution in [0.15, 0.2) is 0 Å². The Morgan fingerprint density at radius 1 is 1.50 bits per heavy atom. The van der Waals surface area contributed by atoms with Crippen molar-refractivity contribution in [3.05, 3.63) is 0 Å². The third kappa shape index (κ3) is 1.77. The van der Waals surface area contributed by atoms with Gasteiger partial charge in [-0.1, -0.05) is 0 Å². The van der Waals surface area contributed by atoms with E-state index in [0.29, 0.717) is 32.3 Å². The predicted octanol–water partition coefficient (Wildman–Crippen LogP) is 1.09. The number of aldehydes is 1. The van der Waals surface area contributed by atoms with E-state index >= 15 is 0 Å². The second-order valence-electron chi connectivity index (χ2n) is 2.63. The molecule has 2 nitrogen and oxygen atoms in total. The van der Waals surface area contributed by atoms with Gasteiger partial charge in [-0.25, -0.2) is 4.39 Å². The van der Waals surface area contributed by atoms with Crippen LogP contribution in [0.2, 0.25) is 0 Å². The lowest BCUT2D eigenvalue weighted by molar-refractivity contribution is -0.112. The minimum atomic E-state index is -1.26. The van der Waals surface area contributed by atoms with Crippen molar-refractivity contribution >= 4 is 6.29 Å². The van der Waals surface area contributed by atoms with E-state index in [1.165, 1.54) is 0 Å². The van der Waals surface area contributed by atoms with Gasteiger partial charge in [-0.15, -0.1) is 0 Å². The highest BCUT2D eigenvalue weighted by atomic mass is 19.1. The van der Waals surface area contributed by atoms with Gasteiger partial charge in [0.25, 0.3) is 0 Å². The molecule has 0 amide bonds. The highest BCUT2D eigenvalue weighted by Gasteiger charge is 2.31. The number of hydrogen-bond acceptors (Lipinski definition) is 2. The highest BCUT2D eigenvalue weighted by molar-refractivity contribution is 5.51. The van der Waals surface area contributed by atoms with Gasteiger partial charge in [0.2, 0.25) is 0 Å². The van der Waals surface area contributed by atoms with E-state index < -0.39 is 5.67 Å². The molecule has 0 N–H and O–H groups in total. The molecule has 3 heteroatoms. The number of carbonyl (C=O) groups excluding carboxylic acids is 1. The van der Waals surface area contributed by atoms with Gasteiger partial charge in [0, 0.05) is 32.5 Å². The van der Waals surface area contributed by atoms with Gasteiger partial charge in [-0.3, -0.25) is 0 Å². The van der Waals surface area contributed by atoms with Crippen molar-refractivity contribution in [1.82, 2.24) is 0 Å². The average molecular weight is 146 g/mol. The van der Waals surface area contributed by atoms with Crippen LogP contribution in [0.5, 0.6) is 0 Å². The van der Waals surface area contributed by atoms with E-state index in [9.17, 15) is 9.18 Å². The minimum Gasteiger partial charge on any atom is -0.381 e. The maximum atomic E-state index is 13.3. The van der Waals surface area contributed by atoms with Crippen LogP contribution in [0.1, 0.15) is 19.3 Å². The summed E-state index contributed by atoms with van der Waals surface area (Å²) in [5, 5.41) is 0. The highest BCUT2D eigenvalue weighted by Crippen LogP contribution is 2.27. The summed E-state index contributed by atoms with van der Waals surface area (Å²) in [6, 6.07) is 0. The first-order chi connectivity index (χ1) is 4.77. The Morgan fingerprint density at radius 2 is 2.10 bits per heavy atom. The Morgan fingerprint density at radius 3 is 2.60 bits per heavy atom. The number of carbonyl (C=O) groups is 1. The van der Waals surface area contributed by atoms with E-state index in [1.807, 2.05) is 0 Å². The topological polar surface area (TPSA) is 26.3 Å². The number of ether oxygens (including phenoxy) is 1. The summed E-state index contributed by atoms with van der Waals surface area (Å²) >= 11 is 0. The molecule has 0 aromatic heterocycles. The second-order valence-corrected chi connectivity index (χ2v) is 2.63. The quantitative estimate of drug-likeness (QED) is 0.545. The van der Waals surface area contributed by atoms with Crippen LogP contribution in [0.25, 0.3) is 0 Å². The van der Waals surface area contributed by atoms with Crippen LogP contribution in [0.4, 0.5) is 4.39 Å². The Hall–Kier alpha value is -0.440. The Labute approximate surface area is 59.4 Å². The van der Waals surface area contributed by atoms with Gasteiger partial charge in [0.05, 0.1) is 0 Å². The van der Waals surface area contributed by atoms with Crippen LogP contribution < -0.4 is 0 Å². The third-order valence-electron chi connectivity index (χ3n) is 1.84. The maximum absolute atomic E-state index is 13.3. The zero-order valence-electron chi connectivity index (χ0n) is 5.81. The van der Waals surface area contributed by atoms with Crippen LogP contribution in [0.3, 0.4) is 0 Å². The standard InChI is InChI=1S/C7H11FO2/c8-7(1-4-9)2-5-10-6-3-7/h4H,1-3,5-6H2. The van der Waals surface area contributed by atoms with Crippen molar-refractivity contribution < 1.29 is 13.9 Å². The van der Waals surface area contributed by atoms with E-state index in [-0.39, 0.29) is 6.42 Å². The van der Waals surface area contributed by atoms with Gasteiger partial charge in [0.1, 0.15) is 12.0 Å². The molecule has 1 heterocycles. The number of halogens is 1. The fourth-order valence-corrected chi connectivity index (χ4v) is 1.09. The largest absolute Gasteiger partial charge is 0.381 e. The minimum absolute atomic E-state index is 0.0242. The van der Waals surface area contributed by atoms with Crippen LogP contribution >= 0.6 is 0 Å². The molecule has 0 unspecified atom stereocenters. The monoisotopic (exact) mass is 146 g/mol. The number of rotatable bonds is 2. The van der Waals surface area contributed by atoms with E-state index in [0.717, 1.165) is 0 Å². The van der Waals surface area contributed by atoms with Gasteiger partial charge in [-0.2, -0.15) is 0 Å². The molecule has 1 aliphatic heterocycles. The van der Waals surface area contributed by atoms with Crippen molar-refractivity contribution in [2.24, 2.45) is 0 Å². The second kappa shape index (κ2) is 3.10. The molecule has 10 heavy (non-hydrogen) atoms. The molecule has 0 radical (unpaired) electrons. The van der Waals surface area contributed by atoms with Crippen molar-refractivity contribution in [2.75, 3.05) is 13.2 Å². The molecule has 1 aliphatic rings. The first-order valence-electron chi connectivity index (χ1n) is 3.47. The SMILES string of the molecule is O=CCC1(F)CCOCC1. The summed E-state index contributed by atoms with van der Waals surface area (Å²) in [4.78, 5) is 10.00. The molecule has 0 aliphatic carbocycles. The van der Waals surface area contributed by atoms with Crippen molar-refractivity contribution in [1.29, 1.82) is 0 Å². The maximum Gasteiger partial charge on any atom is 0.123 e. The number of hydrogen-bond donors (Lipinski definition) is 0. The molecule has 1 saturated heterocycles. The summed E-state index contributed by atoms with van der Waals surface area (Å²) in [7, 11) is 0. The summed E-state index contributed by atoms with van der Waals surface area (Å²) < 4.78 is 18.2. The molecule has 1 fully saturated rings. The third-order valence-corrected chi connectivity index (χ3v) is 1.84. The molecule has 0 aromatic carbocycles. The van der Waals surface area contributed by atoms with Gasteiger partial charge in [-0.05, 0) is 0 Å². The molecule has 0 atom stereocenters. The van der Waals surface area contributed by atoms with Gasteiger partial charge in [0.15, 0.2) is 0 Å². The summed E-state index contributed by atoms with van der Waals surface area (Å²) in [6.07, 6.45) is 1.40. The molecule has 0 saturated carbocycles. The lowest BCUT2D eigenvalue weighted by Crippen LogP contribution is -2.31. The van der Waals surface area contributed by atoms with Crippen molar-refractivity contribution in [2.45, 2.75) is 24.9 Å². The summed E-state index contributed by atoms with van der Waals surface area (Å²) in [6.45, 7) is 0.898. The lowest BCUT2D eigenvalue weighted by Gasteiger charge is -2.27. The van der Waals surface area contributed by atoms with Crippen molar-refractivity contribution in [3.8, 4) is 0 Å². The fourth-order valence-electron chi connectivity index (χ4n) is 1.09. The average Bonchev–Trinajstić information content (AvgIpc) is 1.89. The summed E-state index contributed by atoms with van der Waals surface area (Å²) in [5.74, 6) is 0. The fraction of sp³-hybridized carbons (Fsp3) is 0.857. The van der Waals surface area contributed by atoms with Crippen LogP contribution in [0, 0.1) is 0 Å². The molecular weight excluding hydrogens is 135 g/mol. The predicted molar refractivity (Wildman–Crippen MR) is 34.6 cm³/mol. The zero-order chi connectivity index (χ0) is 7.45.